The van der Waals surface area contributed by atoms with Gasteiger partial charge in [0.1, 0.15) is 28.6 Å². The van der Waals surface area contributed by atoms with E-state index in [0.29, 0.717) is 71.5 Å². The summed E-state index contributed by atoms with van der Waals surface area (Å²) in [5.74, 6) is -3.06. The highest BCUT2D eigenvalue weighted by Crippen LogP contribution is 2.47. The third-order valence-electron chi connectivity index (χ3n) is 9.13. The molecule has 7 rings (SSSR count). The molecule has 0 radical (unpaired) electrons. The molecule has 1 aromatic heterocycles. The first-order valence-electron chi connectivity index (χ1n) is 16.4. The minimum absolute atomic E-state index is 0.142. The zero-order valence-corrected chi connectivity index (χ0v) is 27.8. The summed E-state index contributed by atoms with van der Waals surface area (Å²) in [5, 5.41) is 17.5. The lowest BCUT2D eigenvalue weighted by atomic mass is 9.92. The topological polar surface area (TPSA) is 192 Å². The number of morpholine rings is 1. The van der Waals surface area contributed by atoms with Crippen LogP contribution in [0.15, 0.2) is 54.6 Å². The highest BCUT2D eigenvalue weighted by atomic mass is 19.1. The van der Waals surface area contributed by atoms with Crippen molar-refractivity contribution in [2.75, 3.05) is 50.4 Å². The summed E-state index contributed by atoms with van der Waals surface area (Å²) in [6.45, 7) is 6.06. The molecule has 51 heavy (non-hydrogen) atoms. The van der Waals surface area contributed by atoms with Crippen LogP contribution >= 0.6 is 0 Å². The van der Waals surface area contributed by atoms with Crippen LogP contribution in [-0.4, -0.2) is 83.1 Å². The SMILES string of the molecule is Cc1nc(-c2ccc(-c3ccc(NC(=O)C4(C(=O)O)CC4)cc3F)c3c2C(=O)NC3)[nH]c1C(=O)NCCN1CCOCC1.Nc1ccc(F)cc1. The Labute approximate surface area is 291 Å². The van der Waals surface area contributed by atoms with Crippen LogP contribution < -0.4 is 21.7 Å². The average Bonchev–Trinajstić information content (AvgIpc) is 3.73. The average molecular weight is 702 g/mol. The first-order chi connectivity index (χ1) is 24.5. The van der Waals surface area contributed by atoms with Gasteiger partial charge < -0.3 is 36.5 Å². The van der Waals surface area contributed by atoms with Crippen LogP contribution in [-0.2, 0) is 20.9 Å². The highest BCUT2D eigenvalue weighted by Gasteiger charge is 2.57. The van der Waals surface area contributed by atoms with Crippen molar-refractivity contribution in [1.29, 1.82) is 0 Å². The molecule has 3 heterocycles. The smallest absolute Gasteiger partial charge is 0.319 e. The van der Waals surface area contributed by atoms with Crippen molar-refractivity contribution in [3.63, 3.8) is 0 Å². The van der Waals surface area contributed by atoms with Crippen molar-refractivity contribution in [2.45, 2.75) is 26.3 Å². The predicted octanol–water partition coefficient (Wildman–Crippen LogP) is 3.71. The van der Waals surface area contributed by atoms with Crippen LogP contribution in [0.3, 0.4) is 0 Å². The predicted molar refractivity (Wildman–Crippen MR) is 184 cm³/mol. The lowest BCUT2D eigenvalue weighted by Gasteiger charge is -2.26. The number of nitrogens with zero attached hydrogens (tertiary/aromatic N) is 2. The van der Waals surface area contributed by atoms with E-state index < -0.39 is 23.1 Å². The van der Waals surface area contributed by atoms with Gasteiger partial charge in [0.15, 0.2) is 0 Å². The number of anilines is 2. The molecular formula is C36H37F2N7O6. The second-order valence-electron chi connectivity index (χ2n) is 12.5. The molecular weight excluding hydrogens is 664 g/mol. The summed E-state index contributed by atoms with van der Waals surface area (Å²) in [5.41, 5.74) is 7.41. The molecule has 0 spiro atoms. The Balaban J connectivity index is 0.000000495. The largest absolute Gasteiger partial charge is 0.480 e. The van der Waals surface area contributed by atoms with E-state index in [1.807, 2.05) is 0 Å². The van der Waals surface area contributed by atoms with Gasteiger partial charge >= 0.3 is 5.97 Å². The molecule has 1 saturated heterocycles. The van der Waals surface area contributed by atoms with E-state index in [1.54, 1.807) is 19.1 Å². The Bertz CT molecular complexity index is 1970. The number of benzene rings is 3. The molecule has 4 aromatic rings. The zero-order chi connectivity index (χ0) is 36.3. The van der Waals surface area contributed by atoms with E-state index in [0.717, 1.165) is 19.2 Å². The fraction of sp³-hybridized carbons (Fsp3) is 0.306. The Morgan fingerprint density at radius 1 is 1.02 bits per heavy atom. The summed E-state index contributed by atoms with van der Waals surface area (Å²) in [6, 6.07) is 13.2. The van der Waals surface area contributed by atoms with Crippen molar-refractivity contribution in [2.24, 2.45) is 5.41 Å². The molecule has 1 saturated carbocycles. The number of aliphatic carboxylic acids is 1. The minimum Gasteiger partial charge on any atom is -0.480 e. The highest BCUT2D eigenvalue weighted by molar-refractivity contribution is 6.11. The molecule has 266 valence electrons. The van der Waals surface area contributed by atoms with E-state index in [9.17, 15) is 28.7 Å². The second kappa shape index (κ2) is 14.7. The Morgan fingerprint density at radius 3 is 2.35 bits per heavy atom. The number of rotatable bonds is 9. The number of carbonyl (C=O) groups is 4. The van der Waals surface area contributed by atoms with Gasteiger partial charge in [0.25, 0.3) is 11.8 Å². The van der Waals surface area contributed by atoms with Crippen molar-refractivity contribution in [1.82, 2.24) is 25.5 Å². The summed E-state index contributed by atoms with van der Waals surface area (Å²) >= 11 is 0. The Hall–Kier alpha value is -5.67. The number of nitrogens with one attached hydrogen (secondary N) is 4. The molecule has 3 aliphatic rings. The van der Waals surface area contributed by atoms with E-state index in [4.69, 9.17) is 10.5 Å². The molecule has 3 amide bonds. The van der Waals surface area contributed by atoms with Crippen LogP contribution in [0.4, 0.5) is 20.2 Å². The number of fused-ring (bicyclic) bond motifs is 1. The number of H-pyrrole nitrogens is 1. The van der Waals surface area contributed by atoms with E-state index in [-0.39, 0.29) is 48.3 Å². The number of aromatic amines is 1. The number of aryl methyl sites for hydroxylation is 1. The first kappa shape index (κ1) is 35.2. The van der Waals surface area contributed by atoms with Crippen molar-refractivity contribution < 1.29 is 37.8 Å². The zero-order valence-electron chi connectivity index (χ0n) is 27.8. The lowest BCUT2D eigenvalue weighted by Crippen LogP contribution is -2.41. The molecule has 1 aliphatic carbocycles. The van der Waals surface area contributed by atoms with Gasteiger partial charge in [0, 0.05) is 55.2 Å². The molecule has 0 unspecified atom stereocenters. The number of aromatic nitrogens is 2. The van der Waals surface area contributed by atoms with Crippen LogP contribution in [0.25, 0.3) is 22.5 Å². The molecule has 15 heteroatoms. The summed E-state index contributed by atoms with van der Waals surface area (Å²) < 4.78 is 32.7. The number of ether oxygens (including phenoxy) is 1. The maximum Gasteiger partial charge on any atom is 0.319 e. The molecule has 7 N–H and O–H groups in total. The maximum absolute atomic E-state index is 15.4. The van der Waals surface area contributed by atoms with Gasteiger partial charge in [-0.1, -0.05) is 6.07 Å². The number of halogens is 2. The van der Waals surface area contributed by atoms with Gasteiger partial charge in [-0.15, -0.1) is 0 Å². The molecule has 2 aliphatic heterocycles. The van der Waals surface area contributed by atoms with Crippen LogP contribution in [0, 0.1) is 24.0 Å². The molecule has 0 bridgehead atoms. The second-order valence-corrected chi connectivity index (χ2v) is 12.5. The first-order valence-corrected chi connectivity index (χ1v) is 16.4. The number of carboxylic acids is 1. The number of nitrogens with two attached hydrogens (primary N) is 1. The molecule has 13 nitrogen and oxygen atoms in total. The maximum atomic E-state index is 15.4. The minimum atomic E-state index is -1.45. The van der Waals surface area contributed by atoms with Crippen LogP contribution in [0.1, 0.15) is 44.9 Å². The number of nitrogen functional groups attached to an aromatic ring is 1. The lowest BCUT2D eigenvalue weighted by molar-refractivity contribution is -0.147. The fourth-order valence-electron chi connectivity index (χ4n) is 6.04. The fourth-order valence-corrected chi connectivity index (χ4v) is 6.04. The van der Waals surface area contributed by atoms with Crippen molar-refractivity contribution >= 4 is 35.1 Å². The Kier molecular flexibility index (Phi) is 10.1. The van der Waals surface area contributed by atoms with Gasteiger partial charge in [-0.2, -0.15) is 0 Å². The summed E-state index contributed by atoms with van der Waals surface area (Å²) in [4.78, 5) is 59.5. The van der Waals surface area contributed by atoms with Gasteiger partial charge in [-0.05, 0) is 79.4 Å². The molecule has 3 aromatic carbocycles. The van der Waals surface area contributed by atoms with Crippen molar-refractivity contribution in [3.8, 4) is 22.5 Å². The van der Waals surface area contributed by atoms with Gasteiger partial charge in [-0.3, -0.25) is 24.1 Å². The third kappa shape index (κ3) is 7.59. The van der Waals surface area contributed by atoms with Gasteiger partial charge in [0.2, 0.25) is 5.91 Å². The molecule has 2 fully saturated rings. The number of imidazole rings is 1. The molecule has 0 atom stereocenters. The van der Waals surface area contributed by atoms with E-state index in [1.165, 1.54) is 36.4 Å². The van der Waals surface area contributed by atoms with E-state index in [2.05, 4.69) is 30.8 Å². The third-order valence-corrected chi connectivity index (χ3v) is 9.13. The number of amides is 3. The monoisotopic (exact) mass is 701 g/mol. The standard InChI is InChI=1S/C30H31FN6O6.C6H6FN/c1-16-24(27(39)32-8-9-37-10-12-43-13-11-37)36-25(34-16)20-5-4-18(21-15-33-26(38)23(20)21)19-3-2-17(14-22(19)31)35-28(40)30(6-7-30)29(41)42;7-5-1-3-6(8)4-2-5/h2-5,14H,6-13,15H2,1H3,(H,32,39)(H,33,38)(H,34,36)(H,35,40)(H,41,42);1-4H,8H2. The summed E-state index contributed by atoms with van der Waals surface area (Å²) in [6.07, 6.45) is 0.481. The van der Waals surface area contributed by atoms with Crippen LogP contribution in [0.5, 0.6) is 0 Å². The number of hydrogen-bond donors (Lipinski definition) is 6. The quantitative estimate of drug-likeness (QED) is 0.112. The van der Waals surface area contributed by atoms with E-state index >= 15 is 4.39 Å². The number of hydrogen-bond acceptors (Lipinski definition) is 8. The number of carboxylic acid groups (broad SMARTS) is 1. The van der Waals surface area contributed by atoms with Gasteiger partial charge in [-0.25, -0.2) is 13.8 Å². The number of carbonyl (C=O) groups excluding carboxylic acids is 3. The van der Waals surface area contributed by atoms with Crippen LogP contribution in [0.2, 0.25) is 0 Å². The van der Waals surface area contributed by atoms with Gasteiger partial charge in [0.05, 0.1) is 24.5 Å². The Morgan fingerprint density at radius 2 is 1.71 bits per heavy atom. The van der Waals surface area contributed by atoms with Crippen molar-refractivity contribution in [3.05, 3.63) is 88.7 Å². The summed E-state index contributed by atoms with van der Waals surface area (Å²) in [7, 11) is 0. The normalized spacial score (nSPS) is 15.9.